The van der Waals surface area contributed by atoms with E-state index >= 15 is 0 Å². The third-order valence-corrected chi connectivity index (χ3v) is 6.84. The fraction of sp³-hybridized carbons (Fsp3) is 0.550. The molecule has 2 aliphatic carbocycles. The van der Waals surface area contributed by atoms with E-state index in [1.54, 1.807) is 11.8 Å². The lowest BCUT2D eigenvalue weighted by Gasteiger charge is -2.28. The predicted octanol–water partition coefficient (Wildman–Crippen LogP) is 4.22. The molecule has 1 amide bonds. The number of rotatable bonds is 6. The molecule has 2 saturated carbocycles. The molecule has 138 valence electrons. The van der Waals surface area contributed by atoms with Crippen LogP contribution in [0.3, 0.4) is 0 Å². The number of fused-ring (bicyclic) bond motifs is 2. The van der Waals surface area contributed by atoms with Crippen molar-refractivity contribution in [2.45, 2.75) is 56.2 Å². The molecular formula is C20H25N3O2S. The zero-order valence-electron chi connectivity index (χ0n) is 15.3. The van der Waals surface area contributed by atoms with Gasteiger partial charge in [-0.1, -0.05) is 11.6 Å². The lowest BCUT2D eigenvalue weighted by Crippen LogP contribution is -2.40. The van der Waals surface area contributed by atoms with Gasteiger partial charge in [-0.2, -0.15) is 4.98 Å². The highest BCUT2D eigenvalue weighted by Gasteiger charge is 2.42. The maximum Gasteiger partial charge on any atom is 0.251 e. The van der Waals surface area contributed by atoms with E-state index < -0.39 is 0 Å². The minimum Gasteiger partial charge on any atom is -0.349 e. The first-order chi connectivity index (χ1) is 12.6. The van der Waals surface area contributed by atoms with E-state index in [9.17, 15) is 4.79 Å². The van der Waals surface area contributed by atoms with Crippen molar-refractivity contribution in [3.63, 3.8) is 0 Å². The van der Waals surface area contributed by atoms with Crippen molar-refractivity contribution >= 4 is 17.7 Å². The quantitative estimate of drug-likeness (QED) is 0.770. The van der Waals surface area contributed by atoms with E-state index in [1.807, 2.05) is 31.2 Å². The summed E-state index contributed by atoms with van der Waals surface area (Å²) in [5, 5.41) is 7.01. The molecule has 2 fully saturated rings. The Kier molecular flexibility index (Phi) is 5.02. The number of benzene rings is 1. The third-order valence-electron chi connectivity index (χ3n) is 5.84. The van der Waals surface area contributed by atoms with Crippen LogP contribution >= 0.6 is 11.8 Å². The van der Waals surface area contributed by atoms with Crippen molar-refractivity contribution in [1.29, 1.82) is 0 Å². The highest BCUT2D eigenvalue weighted by Crippen LogP contribution is 2.49. The van der Waals surface area contributed by atoms with E-state index in [0.29, 0.717) is 23.4 Å². The van der Waals surface area contributed by atoms with Gasteiger partial charge in [-0.05, 0) is 75.1 Å². The van der Waals surface area contributed by atoms with Crippen LogP contribution < -0.4 is 5.32 Å². The number of aromatic nitrogens is 2. The van der Waals surface area contributed by atoms with Gasteiger partial charge in [-0.15, -0.1) is 11.8 Å². The van der Waals surface area contributed by atoms with Crippen molar-refractivity contribution in [1.82, 2.24) is 15.5 Å². The zero-order chi connectivity index (χ0) is 18.1. The molecule has 2 aliphatic rings. The minimum atomic E-state index is 0.0318. The van der Waals surface area contributed by atoms with E-state index in [-0.39, 0.29) is 11.9 Å². The molecule has 1 aromatic heterocycles. The van der Waals surface area contributed by atoms with Crippen LogP contribution in [0.4, 0.5) is 0 Å². The van der Waals surface area contributed by atoms with Gasteiger partial charge in [0.05, 0.1) is 5.75 Å². The molecule has 26 heavy (non-hydrogen) atoms. The van der Waals surface area contributed by atoms with Gasteiger partial charge < -0.3 is 9.84 Å². The Balaban J connectivity index is 1.30. The van der Waals surface area contributed by atoms with Crippen LogP contribution in [0.1, 0.15) is 54.7 Å². The Bertz CT molecular complexity index is 774. The van der Waals surface area contributed by atoms with Crippen LogP contribution in [0.2, 0.25) is 0 Å². The summed E-state index contributed by atoms with van der Waals surface area (Å²) < 4.78 is 5.12. The van der Waals surface area contributed by atoms with E-state index in [2.05, 4.69) is 22.4 Å². The molecule has 1 heterocycles. The summed E-state index contributed by atoms with van der Waals surface area (Å²) in [4.78, 5) is 17.8. The monoisotopic (exact) mass is 371 g/mol. The van der Waals surface area contributed by atoms with Crippen LogP contribution in [0.15, 0.2) is 33.7 Å². The Labute approximate surface area is 158 Å². The fourth-order valence-electron chi connectivity index (χ4n) is 4.55. The molecule has 0 unspecified atom stereocenters. The van der Waals surface area contributed by atoms with Crippen LogP contribution in [-0.2, 0) is 5.75 Å². The standard InChI is InChI=1S/C20H25N3O2S/c1-12(18-10-14-3-4-16(18)9-14)21-20(24)15-5-7-17(8-6-15)26-11-19-22-13(2)23-25-19/h5-8,12,14,16,18H,3-4,9-11H2,1-2H3,(H,21,24)/t12-,14-,16-,18+/m0/s1. The number of hydrogen-bond donors (Lipinski definition) is 1. The molecule has 4 rings (SSSR count). The molecule has 4 atom stereocenters. The van der Waals surface area contributed by atoms with Crippen molar-refractivity contribution in [2.75, 3.05) is 0 Å². The average Bonchev–Trinajstić information content (AvgIpc) is 3.37. The van der Waals surface area contributed by atoms with Crippen LogP contribution in [0, 0.1) is 24.7 Å². The smallest absolute Gasteiger partial charge is 0.251 e. The first kappa shape index (κ1) is 17.6. The summed E-state index contributed by atoms with van der Waals surface area (Å²) in [6.07, 6.45) is 5.40. The number of hydrogen-bond acceptors (Lipinski definition) is 5. The molecule has 1 aromatic carbocycles. The Morgan fingerprint density at radius 2 is 2.12 bits per heavy atom. The number of thioether (sulfide) groups is 1. The van der Waals surface area contributed by atoms with Gasteiger partial charge in [0.1, 0.15) is 0 Å². The summed E-state index contributed by atoms with van der Waals surface area (Å²) in [6, 6.07) is 8.00. The van der Waals surface area contributed by atoms with Crippen LogP contribution in [0.25, 0.3) is 0 Å². The molecule has 2 aromatic rings. The van der Waals surface area contributed by atoms with Gasteiger partial charge in [0, 0.05) is 16.5 Å². The summed E-state index contributed by atoms with van der Waals surface area (Å²) >= 11 is 1.62. The van der Waals surface area contributed by atoms with Crippen molar-refractivity contribution < 1.29 is 9.32 Å². The van der Waals surface area contributed by atoms with E-state index in [4.69, 9.17) is 4.52 Å². The van der Waals surface area contributed by atoms with Crippen LogP contribution in [0.5, 0.6) is 0 Å². The fourth-order valence-corrected chi connectivity index (χ4v) is 5.29. The molecule has 0 radical (unpaired) electrons. The van der Waals surface area contributed by atoms with Gasteiger partial charge >= 0.3 is 0 Å². The number of amides is 1. The number of carbonyl (C=O) groups is 1. The van der Waals surface area contributed by atoms with Crippen molar-refractivity contribution in [3.8, 4) is 0 Å². The normalized spacial score (nSPS) is 25.4. The number of nitrogens with one attached hydrogen (secondary N) is 1. The van der Waals surface area contributed by atoms with Gasteiger partial charge in [0.15, 0.2) is 5.82 Å². The maximum atomic E-state index is 12.6. The van der Waals surface area contributed by atoms with Crippen LogP contribution in [-0.4, -0.2) is 22.1 Å². The van der Waals surface area contributed by atoms with Crippen molar-refractivity contribution in [2.24, 2.45) is 17.8 Å². The highest BCUT2D eigenvalue weighted by atomic mass is 32.2. The van der Waals surface area contributed by atoms with Gasteiger partial charge in [0.25, 0.3) is 5.91 Å². The topological polar surface area (TPSA) is 68.0 Å². The Morgan fingerprint density at radius 3 is 2.73 bits per heavy atom. The van der Waals surface area contributed by atoms with E-state index in [0.717, 1.165) is 22.3 Å². The molecule has 0 aliphatic heterocycles. The maximum absolute atomic E-state index is 12.6. The first-order valence-electron chi connectivity index (χ1n) is 9.41. The SMILES string of the molecule is Cc1noc(CSc2ccc(C(=O)N[C@@H](C)[C@H]3C[C@H]4CC[C@H]3C4)cc2)n1. The minimum absolute atomic E-state index is 0.0318. The summed E-state index contributed by atoms with van der Waals surface area (Å²) in [6.45, 7) is 3.97. The predicted molar refractivity (Wildman–Crippen MR) is 101 cm³/mol. The lowest BCUT2D eigenvalue weighted by molar-refractivity contribution is 0.0915. The number of aryl methyl sites for hydroxylation is 1. The summed E-state index contributed by atoms with van der Waals surface area (Å²) in [5.74, 6) is 4.32. The second kappa shape index (κ2) is 7.43. The van der Waals surface area contributed by atoms with Gasteiger partial charge in [-0.3, -0.25) is 4.79 Å². The summed E-state index contributed by atoms with van der Waals surface area (Å²) in [5.41, 5.74) is 0.720. The molecule has 2 bridgehead atoms. The van der Waals surface area contributed by atoms with Gasteiger partial charge in [-0.25, -0.2) is 0 Å². The highest BCUT2D eigenvalue weighted by molar-refractivity contribution is 7.98. The lowest BCUT2D eigenvalue weighted by atomic mass is 9.84. The molecule has 0 saturated heterocycles. The number of nitrogens with zero attached hydrogens (tertiary/aromatic N) is 2. The third kappa shape index (κ3) is 3.80. The zero-order valence-corrected chi connectivity index (χ0v) is 16.1. The second-order valence-corrected chi connectivity index (χ2v) is 8.70. The second-order valence-electron chi connectivity index (χ2n) is 7.65. The molecule has 5 nitrogen and oxygen atoms in total. The molecular weight excluding hydrogens is 346 g/mol. The van der Waals surface area contributed by atoms with Gasteiger partial charge in [0.2, 0.25) is 5.89 Å². The Morgan fingerprint density at radius 1 is 1.31 bits per heavy atom. The first-order valence-corrected chi connectivity index (χ1v) is 10.4. The average molecular weight is 372 g/mol. The largest absolute Gasteiger partial charge is 0.349 e. The molecule has 0 spiro atoms. The van der Waals surface area contributed by atoms with Crippen molar-refractivity contribution in [3.05, 3.63) is 41.5 Å². The molecule has 1 N–H and O–H groups in total. The Hall–Kier alpha value is -1.82. The number of carbonyl (C=O) groups excluding carboxylic acids is 1. The van der Waals surface area contributed by atoms with E-state index in [1.165, 1.54) is 25.7 Å². The molecule has 6 heteroatoms. The summed E-state index contributed by atoms with van der Waals surface area (Å²) in [7, 11) is 0.